The summed E-state index contributed by atoms with van der Waals surface area (Å²) in [4.78, 5) is 23.4. The van der Waals surface area contributed by atoms with E-state index in [0.717, 1.165) is 18.3 Å². The molecule has 2 aromatic rings. The molecule has 0 aliphatic rings. The maximum atomic E-state index is 11.7. The second-order valence-corrected chi connectivity index (χ2v) is 7.92. The van der Waals surface area contributed by atoms with E-state index >= 15 is 0 Å². The Morgan fingerprint density at radius 1 is 0.680 bits per heavy atom. The lowest BCUT2D eigenvalue weighted by Crippen LogP contribution is -2.08. The Bertz CT molecular complexity index is 635. The summed E-state index contributed by atoms with van der Waals surface area (Å²) in [5, 5.41) is 0. The van der Waals surface area contributed by atoms with Crippen molar-refractivity contribution >= 4 is 57.1 Å². The van der Waals surface area contributed by atoms with Gasteiger partial charge in [0.05, 0.1) is 0 Å². The molecule has 0 aromatic heterocycles. The first-order valence-electron chi connectivity index (χ1n) is 7.83. The van der Waals surface area contributed by atoms with Crippen LogP contribution in [0.2, 0.25) is 0 Å². The molecule has 0 bridgehead atoms. The third-order valence-corrected chi connectivity index (χ3v) is 4.83. The molecule has 0 radical (unpaired) electrons. The van der Waals surface area contributed by atoms with Gasteiger partial charge in [-0.1, -0.05) is 24.3 Å². The molecule has 0 atom stereocenters. The van der Waals surface area contributed by atoms with Gasteiger partial charge >= 0.3 is 11.9 Å². The normalized spacial score (nSPS) is 10.3. The number of benzene rings is 2. The first-order valence-corrected chi connectivity index (χ1v) is 9.99. The average molecular weight is 564 g/mol. The molecule has 0 N–H and O–H groups in total. The number of hydrogen-bond acceptors (Lipinski definition) is 4. The van der Waals surface area contributed by atoms with Crippen LogP contribution in [-0.2, 0) is 32.3 Å². The van der Waals surface area contributed by atoms with Gasteiger partial charge in [-0.3, -0.25) is 9.59 Å². The van der Waals surface area contributed by atoms with Crippen molar-refractivity contribution in [1.82, 2.24) is 0 Å². The molecule has 2 aromatic carbocycles. The third-order valence-electron chi connectivity index (χ3n) is 3.39. The van der Waals surface area contributed by atoms with Crippen molar-refractivity contribution in [2.45, 2.75) is 32.5 Å². The van der Waals surface area contributed by atoms with Crippen molar-refractivity contribution in [2.24, 2.45) is 0 Å². The van der Waals surface area contributed by atoms with Crippen LogP contribution in [0.15, 0.2) is 48.5 Å². The molecular weight excluding hydrogens is 546 g/mol. The average Bonchev–Trinajstić information content (AvgIpc) is 2.61. The SMILES string of the molecule is O=C(CCCC(=O)OCc1ccc(I)cc1)OCc1ccc(I)cc1. The minimum absolute atomic E-state index is 0.211. The summed E-state index contributed by atoms with van der Waals surface area (Å²) in [7, 11) is 0. The Balaban J connectivity index is 1.59. The van der Waals surface area contributed by atoms with Gasteiger partial charge in [0.2, 0.25) is 0 Å². The van der Waals surface area contributed by atoms with Gasteiger partial charge in [0.15, 0.2) is 0 Å². The second kappa shape index (κ2) is 10.7. The standard InChI is InChI=1S/C19H18I2O4/c20-16-8-4-14(5-9-16)12-24-18(22)2-1-3-19(23)25-13-15-6-10-17(21)11-7-15/h4-11H,1-3,12-13H2. The lowest BCUT2D eigenvalue weighted by atomic mass is 10.2. The van der Waals surface area contributed by atoms with E-state index in [1.807, 2.05) is 48.5 Å². The van der Waals surface area contributed by atoms with Crippen LogP contribution in [0, 0.1) is 7.14 Å². The van der Waals surface area contributed by atoms with Crippen molar-refractivity contribution in [3.63, 3.8) is 0 Å². The van der Waals surface area contributed by atoms with Crippen LogP contribution < -0.4 is 0 Å². The summed E-state index contributed by atoms with van der Waals surface area (Å²) < 4.78 is 12.7. The number of esters is 2. The molecule has 2 rings (SSSR count). The summed E-state index contributed by atoms with van der Waals surface area (Å²) in [6.45, 7) is 0.514. The van der Waals surface area contributed by atoms with Crippen molar-refractivity contribution in [1.29, 1.82) is 0 Å². The molecule has 0 saturated heterocycles. The Morgan fingerprint density at radius 3 is 1.40 bits per heavy atom. The fourth-order valence-electron chi connectivity index (χ4n) is 2.01. The number of rotatable bonds is 8. The molecular formula is C19H18I2O4. The Hall–Kier alpha value is -1.16. The van der Waals surface area contributed by atoms with Crippen LogP contribution in [0.5, 0.6) is 0 Å². The molecule has 0 aliphatic heterocycles. The number of ether oxygens (including phenoxy) is 2. The van der Waals surface area contributed by atoms with Gasteiger partial charge in [0.1, 0.15) is 13.2 Å². The quantitative estimate of drug-likeness (QED) is 0.340. The summed E-state index contributed by atoms with van der Waals surface area (Å²) in [5.74, 6) is -0.604. The summed E-state index contributed by atoms with van der Waals surface area (Å²) >= 11 is 4.44. The van der Waals surface area contributed by atoms with Crippen LogP contribution in [0.1, 0.15) is 30.4 Å². The zero-order valence-electron chi connectivity index (χ0n) is 13.5. The smallest absolute Gasteiger partial charge is 0.306 e. The molecule has 0 spiro atoms. The number of carbonyl (C=O) groups excluding carboxylic acids is 2. The highest BCUT2D eigenvalue weighted by Crippen LogP contribution is 2.10. The van der Waals surface area contributed by atoms with Gasteiger partial charge in [-0.2, -0.15) is 0 Å². The highest BCUT2D eigenvalue weighted by Gasteiger charge is 2.08. The van der Waals surface area contributed by atoms with Gasteiger partial charge < -0.3 is 9.47 Å². The van der Waals surface area contributed by atoms with Crippen molar-refractivity contribution in [3.05, 3.63) is 66.8 Å². The van der Waals surface area contributed by atoms with E-state index in [4.69, 9.17) is 9.47 Å². The molecule has 25 heavy (non-hydrogen) atoms. The number of halogens is 2. The van der Waals surface area contributed by atoms with E-state index in [1.54, 1.807) is 0 Å². The van der Waals surface area contributed by atoms with E-state index in [1.165, 1.54) is 0 Å². The summed E-state index contributed by atoms with van der Waals surface area (Å²) in [6.07, 6.45) is 0.850. The van der Waals surface area contributed by atoms with Crippen molar-refractivity contribution < 1.29 is 19.1 Å². The Kier molecular flexibility index (Phi) is 8.66. The molecule has 132 valence electrons. The Morgan fingerprint density at radius 2 is 1.04 bits per heavy atom. The monoisotopic (exact) mass is 564 g/mol. The van der Waals surface area contributed by atoms with E-state index in [-0.39, 0.29) is 38.0 Å². The fraction of sp³-hybridized carbons (Fsp3) is 0.263. The lowest BCUT2D eigenvalue weighted by molar-refractivity contribution is -0.146. The summed E-state index contributed by atoms with van der Waals surface area (Å²) in [6, 6.07) is 15.6. The number of carbonyl (C=O) groups is 2. The van der Waals surface area contributed by atoms with Gasteiger partial charge in [0, 0.05) is 20.0 Å². The lowest BCUT2D eigenvalue weighted by Gasteiger charge is -2.06. The van der Waals surface area contributed by atoms with Crippen LogP contribution in [0.4, 0.5) is 0 Å². The maximum absolute atomic E-state index is 11.7. The van der Waals surface area contributed by atoms with E-state index < -0.39 is 0 Å². The Labute approximate surface area is 174 Å². The molecule has 0 unspecified atom stereocenters. The molecule has 0 saturated carbocycles. The zero-order chi connectivity index (χ0) is 18.1. The molecule has 4 nitrogen and oxygen atoms in total. The van der Waals surface area contributed by atoms with Gasteiger partial charge in [-0.25, -0.2) is 0 Å². The van der Waals surface area contributed by atoms with Gasteiger partial charge in [-0.05, 0) is 87.0 Å². The molecule has 0 fully saturated rings. The first kappa shape index (κ1) is 20.2. The van der Waals surface area contributed by atoms with Crippen LogP contribution in [0.3, 0.4) is 0 Å². The highest BCUT2D eigenvalue weighted by atomic mass is 127. The van der Waals surface area contributed by atoms with Crippen LogP contribution >= 0.6 is 45.2 Å². The minimum Gasteiger partial charge on any atom is -0.461 e. The van der Waals surface area contributed by atoms with Crippen molar-refractivity contribution in [3.8, 4) is 0 Å². The predicted octanol–water partition coefficient (Wildman–Crippen LogP) is 4.85. The zero-order valence-corrected chi connectivity index (χ0v) is 17.9. The maximum Gasteiger partial charge on any atom is 0.306 e. The molecule has 6 heteroatoms. The largest absolute Gasteiger partial charge is 0.461 e. The fourth-order valence-corrected chi connectivity index (χ4v) is 2.73. The molecule has 0 heterocycles. The van der Waals surface area contributed by atoms with E-state index in [9.17, 15) is 9.59 Å². The molecule has 0 amide bonds. The molecule has 0 aliphatic carbocycles. The van der Waals surface area contributed by atoms with Gasteiger partial charge in [-0.15, -0.1) is 0 Å². The predicted molar refractivity (Wildman–Crippen MR) is 112 cm³/mol. The minimum atomic E-state index is -0.302. The van der Waals surface area contributed by atoms with Crippen LogP contribution in [-0.4, -0.2) is 11.9 Å². The van der Waals surface area contributed by atoms with E-state index in [0.29, 0.717) is 6.42 Å². The second-order valence-electron chi connectivity index (χ2n) is 5.43. The first-order chi connectivity index (χ1) is 12.0. The van der Waals surface area contributed by atoms with Crippen LogP contribution in [0.25, 0.3) is 0 Å². The number of hydrogen-bond donors (Lipinski definition) is 0. The van der Waals surface area contributed by atoms with Crippen molar-refractivity contribution in [2.75, 3.05) is 0 Å². The topological polar surface area (TPSA) is 52.6 Å². The van der Waals surface area contributed by atoms with Gasteiger partial charge in [0.25, 0.3) is 0 Å². The highest BCUT2D eigenvalue weighted by molar-refractivity contribution is 14.1. The summed E-state index contributed by atoms with van der Waals surface area (Å²) in [5.41, 5.74) is 1.90. The third kappa shape index (κ3) is 8.17. The van der Waals surface area contributed by atoms with E-state index in [2.05, 4.69) is 45.2 Å².